The number of aromatic nitrogens is 3. The summed E-state index contributed by atoms with van der Waals surface area (Å²) in [5, 5.41) is 12.0. The molecule has 154 valence electrons. The van der Waals surface area contributed by atoms with Crippen molar-refractivity contribution in [1.82, 2.24) is 20.2 Å². The van der Waals surface area contributed by atoms with Crippen LogP contribution in [-0.2, 0) is 11.3 Å². The molecule has 0 aliphatic heterocycles. The lowest BCUT2D eigenvalue weighted by atomic mass is 10.0. The topological polar surface area (TPSA) is 75.1 Å². The minimum absolute atomic E-state index is 0.0341. The summed E-state index contributed by atoms with van der Waals surface area (Å²) in [5.74, 6) is 0.226. The number of H-pyrrole nitrogens is 1. The average Bonchev–Trinajstić information content (AvgIpc) is 3.16. The number of amides is 1. The third kappa shape index (κ3) is 4.96. The number of carbonyl (C=O) groups is 1. The first-order chi connectivity index (χ1) is 15.1. The number of rotatable bonds is 6. The average molecular weight is 448 g/mol. The van der Waals surface area contributed by atoms with Crippen LogP contribution in [-0.4, -0.2) is 26.4 Å². The van der Waals surface area contributed by atoms with E-state index in [0.29, 0.717) is 21.3 Å². The summed E-state index contributed by atoms with van der Waals surface area (Å²) in [4.78, 5) is 12.7. The normalized spacial score (nSPS) is 10.5. The van der Waals surface area contributed by atoms with Gasteiger partial charge in [0.05, 0.1) is 5.71 Å². The molecule has 4 aromatic rings. The van der Waals surface area contributed by atoms with Crippen LogP contribution in [0.15, 0.2) is 90.0 Å². The third-order valence-electron chi connectivity index (χ3n) is 4.55. The van der Waals surface area contributed by atoms with E-state index in [1.807, 2.05) is 72.8 Å². The van der Waals surface area contributed by atoms with Crippen molar-refractivity contribution in [2.45, 2.75) is 6.54 Å². The molecule has 0 atom stereocenters. The Morgan fingerprint density at radius 1 is 0.968 bits per heavy atom. The van der Waals surface area contributed by atoms with Gasteiger partial charge in [0.1, 0.15) is 6.54 Å². The second-order valence-corrected chi connectivity index (χ2v) is 7.50. The van der Waals surface area contributed by atoms with Crippen molar-refractivity contribution >= 4 is 35.4 Å². The highest BCUT2D eigenvalue weighted by Crippen LogP contribution is 2.20. The Morgan fingerprint density at radius 3 is 2.13 bits per heavy atom. The highest BCUT2D eigenvalue weighted by atomic mass is 35.5. The number of aromatic amines is 1. The lowest BCUT2D eigenvalue weighted by Crippen LogP contribution is -2.25. The molecule has 0 saturated heterocycles. The molecule has 1 amide bonds. The zero-order valence-corrected chi connectivity index (χ0v) is 17.9. The third-order valence-corrected chi connectivity index (χ3v) is 5.11. The molecule has 0 radical (unpaired) electrons. The fraction of sp³-hybridized carbons (Fsp3) is 0.0435. The predicted molar refractivity (Wildman–Crippen MR) is 125 cm³/mol. The van der Waals surface area contributed by atoms with E-state index in [2.05, 4.69) is 20.7 Å². The zero-order valence-electron chi connectivity index (χ0n) is 16.3. The maximum absolute atomic E-state index is 12.7. The molecule has 6 nitrogen and oxygen atoms in total. The summed E-state index contributed by atoms with van der Waals surface area (Å²) >= 11 is 11.3. The molecule has 0 unspecified atom stereocenters. The largest absolute Gasteiger partial charge is 0.291 e. The number of hydrazone groups is 1. The number of halogens is 1. The van der Waals surface area contributed by atoms with Gasteiger partial charge in [-0.1, -0.05) is 72.3 Å². The van der Waals surface area contributed by atoms with Crippen molar-refractivity contribution in [2.24, 2.45) is 5.10 Å². The maximum atomic E-state index is 12.7. The molecular formula is C23H18ClN5OS. The maximum Gasteiger partial charge on any atom is 0.260 e. The van der Waals surface area contributed by atoms with Crippen molar-refractivity contribution < 1.29 is 4.79 Å². The smallest absolute Gasteiger partial charge is 0.260 e. The number of carbonyl (C=O) groups excluding carboxylic acids is 1. The molecule has 3 aromatic carbocycles. The van der Waals surface area contributed by atoms with E-state index in [1.165, 1.54) is 0 Å². The second kappa shape index (κ2) is 9.51. The molecule has 0 spiro atoms. The first-order valence-electron chi connectivity index (χ1n) is 9.50. The number of benzene rings is 3. The van der Waals surface area contributed by atoms with Crippen LogP contribution in [0.25, 0.3) is 11.4 Å². The van der Waals surface area contributed by atoms with Crippen LogP contribution in [0.4, 0.5) is 0 Å². The van der Waals surface area contributed by atoms with E-state index in [-0.39, 0.29) is 12.5 Å². The van der Waals surface area contributed by atoms with Gasteiger partial charge in [0, 0.05) is 21.7 Å². The van der Waals surface area contributed by atoms with E-state index in [4.69, 9.17) is 23.8 Å². The van der Waals surface area contributed by atoms with Crippen molar-refractivity contribution in [3.63, 3.8) is 0 Å². The summed E-state index contributed by atoms with van der Waals surface area (Å²) in [5.41, 5.74) is 5.91. The number of nitrogens with one attached hydrogen (secondary N) is 2. The first-order valence-corrected chi connectivity index (χ1v) is 10.3. The molecule has 8 heteroatoms. The fourth-order valence-electron chi connectivity index (χ4n) is 3.07. The van der Waals surface area contributed by atoms with Crippen molar-refractivity contribution in [2.75, 3.05) is 0 Å². The van der Waals surface area contributed by atoms with E-state index in [1.54, 1.807) is 16.7 Å². The monoisotopic (exact) mass is 447 g/mol. The Kier molecular flexibility index (Phi) is 6.35. The highest BCUT2D eigenvalue weighted by Gasteiger charge is 2.13. The van der Waals surface area contributed by atoms with Crippen LogP contribution in [0.1, 0.15) is 11.1 Å². The molecule has 4 rings (SSSR count). The van der Waals surface area contributed by atoms with Crippen LogP contribution < -0.4 is 5.43 Å². The standard InChI is InChI=1S/C23H18ClN5OS/c24-19-13-11-18(12-14-19)22-27-28-23(31)29(22)15-20(30)25-26-21(16-7-3-1-4-8-16)17-9-5-2-6-10-17/h1-14H,15H2,(H,25,30)(H,28,31). The van der Waals surface area contributed by atoms with Gasteiger partial charge in [-0.3, -0.25) is 14.5 Å². The van der Waals surface area contributed by atoms with Crippen molar-refractivity contribution in [1.29, 1.82) is 0 Å². The molecule has 31 heavy (non-hydrogen) atoms. The van der Waals surface area contributed by atoms with Gasteiger partial charge in [-0.2, -0.15) is 10.2 Å². The Balaban J connectivity index is 1.58. The molecule has 0 bridgehead atoms. The summed E-state index contributed by atoms with van der Waals surface area (Å²) < 4.78 is 1.96. The second-order valence-electron chi connectivity index (χ2n) is 6.67. The lowest BCUT2D eigenvalue weighted by molar-refractivity contribution is -0.121. The molecule has 1 aromatic heterocycles. The van der Waals surface area contributed by atoms with Gasteiger partial charge in [0.2, 0.25) is 0 Å². The molecule has 0 saturated carbocycles. The van der Waals surface area contributed by atoms with Crippen molar-refractivity contribution in [3.05, 3.63) is 106 Å². The first kappa shape index (κ1) is 20.7. The number of nitrogens with zero attached hydrogens (tertiary/aromatic N) is 3. The summed E-state index contributed by atoms with van der Waals surface area (Å²) in [6.45, 7) is -0.0341. The van der Waals surface area contributed by atoms with E-state index in [9.17, 15) is 4.79 Å². The van der Waals surface area contributed by atoms with Gasteiger partial charge in [0.15, 0.2) is 10.6 Å². The predicted octanol–water partition coefficient (Wildman–Crippen LogP) is 4.83. The SMILES string of the molecule is O=C(Cn1c(-c2ccc(Cl)cc2)n[nH]c1=S)NN=C(c1ccccc1)c1ccccc1. The van der Waals surface area contributed by atoms with Crippen LogP contribution in [0, 0.1) is 4.77 Å². The molecule has 0 aliphatic rings. The molecule has 0 aliphatic carbocycles. The van der Waals surface area contributed by atoms with Crippen molar-refractivity contribution in [3.8, 4) is 11.4 Å². The summed E-state index contributed by atoms with van der Waals surface area (Å²) in [7, 11) is 0. The van der Waals surface area contributed by atoms with Gasteiger partial charge in [-0.05, 0) is 36.5 Å². The molecular weight excluding hydrogens is 430 g/mol. The molecule has 2 N–H and O–H groups in total. The van der Waals surface area contributed by atoms with Gasteiger partial charge >= 0.3 is 0 Å². The van der Waals surface area contributed by atoms with Gasteiger partial charge in [-0.25, -0.2) is 5.43 Å². The van der Waals surface area contributed by atoms with Crippen LogP contribution >= 0.6 is 23.8 Å². The van der Waals surface area contributed by atoms with Gasteiger partial charge in [0.25, 0.3) is 5.91 Å². The molecule has 1 heterocycles. The van der Waals surface area contributed by atoms with E-state index in [0.717, 1.165) is 16.7 Å². The molecule has 0 fully saturated rings. The van der Waals surface area contributed by atoms with Gasteiger partial charge < -0.3 is 0 Å². The Labute approximate surface area is 189 Å². The Bertz CT molecular complexity index is 1220. The van der Waals surface area contributed by atoms with Crippen LogP contribution in [0.5, 0.6) is 0 Å². The Morgan fingerprint density at radius 2 is 1.55 bits per heavy atom. The number of hydrogen-bond acceptors (Lipinski definition) is 4. The van der Waals surface area contributed by atoms with E-state index < -0.39 is 0 Å². The Hall–Kier alpha value is -3.55. The highest BCUT2D eigenvalue weighted by molar-refractivity contribution is 7.71. The van der Waals surface area contributed by atoms with Gasteiger partial charge in [-0.15, -0.1) is 0 Å². The summed E-state index contributed by atoms with van der Waals surface area (Å²) in [6, 6.07) is 26.5. The van der Waals surface area contributed by atoms with E-state index >= 15 is 0 Å². The quantitative estimate of drug-likeness (QED) is 0.252. The van der Waals surface area contributed by atoms with Crippen LogP contribution in [0.2, 0.25) is 5.02 Å². The lowest BCUT2D eigenvalue weighted by Gasteiger charge is -2.09. The van der Waals surface area contributed by atoms with Crippen LogP contribution in [0.3, 0.4) is 0 Å². The minimum atomic E-state index is -0.322. The summed E-state index contributed by atoms with van der Waals surface area (Å²) in [6.07, 6.45) is 0. The number of hydrogen-bond donors (Lipinski definition) is 2. The minimum Gasteiger partial charge on any atom is -0.291 e. The zero-order chi connectivity index (χ0) is 21.6. The fourth-order valence-corrected chi connectivity index (χ4v) is 3.39.